The lowest BCUT2D eigenvalue weighted by atomic mass is 10.2. The molecule has 3 heterocycles. The van der Waals surface area contributed by atoms with E-state index in [0.29, 0.717) is 17.2 Å². The minimum atomic E-state index is -0.611. The summed E-state index contributed by atoms with van der Waals surface area (Å²) in [5, 5.41) is 2.74. The molecule has 1 aromatic carbocycles. The molecule has 0 spiro atoms. The second kappa shape index (κ2) is 9.35. The second-order valence-electron chi connectivity index (χ2n) is 7.10. The molecular weight excluding hydrogens is 426 g/mol. The highest BCUT2D eigenvalue weighted by molar-refractivity contribution is 5.91. The molecule has 0 saturated heterocycles. The summed E-state index contributed by atoms with van der Waals surface area (Å²) in [6.45, 7) is -0.282. The Morgan fingerprint density at radius 3 is 2.45 bits per heavy atom. The van der Waals surface area contributed by atoms with Gasteiger partial charge in [-0.1, -0.05) is 0 Å². The van der Waals surface area contributed by atoms with E-state index >= 15 is 0 Å². The highest BCUT2D eigenvalue weighted by Gasteiger charge is 2.17. The second-order valence-corrected chi connectivity index (χ2v) is 7.10. The Labute approximate surface area is 188 Å². The first-order valence-electron chi connectivity index (χ1n) is 10.0. The quantitative estimate of drug-likeness (QED) is 0.458. The topological polar surface area (TPSA) is 117 Å². The maximum Gasteiger partial charge on any atom is 0.332 e. The van der Waals surface area contributed by atoms with Crippen molar-refractivity contribution in [1.29, 1.82) is 0 Å². The number of nitrogens with zero attached hydrogens (tertiary/aromatic N) is 4. The zero-order valence-corrected chi connectivity index (χ0v) is 18.0. The maximum atomic E-state index is 13.2. The van der Waals surface area contributed by atoms with Crippen LogP contribution in [0.15, 0.2) is 70.6 Å². The van der Waals surface area contributed by atoms with Crippen molar-refractivity contribution in [1.82, 2.24) is 19.1 Å². The van der Waals surface area contributed by atoms with Crippen LogP contribution in [0.5, 0.6) is 11.5 Å². The molecule has 0 atom stereocenters. The van der Waals surface area contributed by atoms with Crippen LogP contribution in [0.1, 0.15) is 5.56 Å². The molecule has 4 rings (SSSR count). The van der Waals surface area contributed by atoms with Crippen LogP contribution >= 0.6 is 0 Å². The van der Waals surface area contributed by atoms with Crippen LogP contribution in [-0.4, -0.2) is 39.2 Å². The zero-order valence-electron chi connectivity index (χ0n) is 18.0. The molecule has 1 amide bonds. The number of nitrogens with one attached hydrogen (secondary N) is 1. The number of ether oxygens (including phenoxy) is 2. The van der Waals surface area contributed by atoms with Crippen molar-refractivity contribution in [3.63, 3.8) is 0 Å². The maximum absolute atomic E-state index is 13.2. The number of pyridine rings is 2. The predicted molar refractivity (Wildman–Crippen MR) is 122 cm³/mol. The van der Waals surface area contributed by atoms with Gasteiger partial charge in [-0.3, -0.25) is 23.7 Å². The lowest BCUT2D eigenvalue weighted by Crippen LogP contribution is -2.42. The fourth-order valence-corrected chi connectivity index (χ4v) is 3.46. The molecule has 0 radical (unpaired) electrons. The van der Waals surface area contributed by atoms with Crippen molar-refractivity contribution in [3.8, 4) is 11.5 Å². The van der Waals surface area contributed by atoms with Crippen LogP contribution in [-0.2, 0) is 17.9 Å². The fraction of sp³-hybridized carbons (Fsp3) is 0.174. The molecule has 1 N–H and O–H groups in total. The summed E-state index contributed by atoms with van der Waals surface area (Å²) in [5.41, 5.74) is 0.439. The third-order valence-corrected chi connectivity index (χ3v) is 5.05. The van der Waals surface area contributed by atoms with Crippen LogP contribution in [0.25, 0.3) is 11.0 Å². The number of benzene rings is 1. The van der Waals surface area contributed by atoms with E-state index in [1.807, 2.05) is 0 Å². The van der Waals surface area contributed by atoms with Crippen LogP contribution in [0.2, 0.25) is 0 Å². The molecule has 0 aliphatic rings. The van der Waals surface area contributed by atoms with Crippen molar-refractivity contribution in [2.75, 3.05) is 19.5 Å². The van der Waals surface area contributed by atoms with Gasteiger partial charge in [-0.05, 0) is 42.0 Å². The minimum absolute atomic E-state index is 0.0317. The molecule has 168 valence electrons. The Morgan fingerprint density at radius 2 is 1.73 bits per heavy atom. The monoisotopic (exact) mass is 447 g/mol. The highest BCUT2D eigenvalue weighted by atomic mass is 16.5. The summed E-state index contributed by atoms with van der Waals surface area (Å²) >= 11 is 0. The molecule has 0 bridgehead atoms. The lowest BCUT2D eigenvalue weighted by Gasteiger charge is -2.14. The molecule has 0 aliphatic carbocycles. The number of fused-ring (bicyclic) bond motifs is 1. The van der Waals surface area contributed by atoms with E-state index in [9.17, 15) is 14.4 Å². The van der Waals surface area contributed by atoms with Crippen molar-refractivity contribution in [2.45, 2.75) is 13.1 Å². The van der Waals surface area contributed by atoms with Gasteiger partial charge in [-0.15, -0.1) is 0 Å². The van der Waals surface area contributed by atoms with Gasteiger partial charge in [-0.25, -0.2) is 9.78 Å². The molecule has 33 heavy (non-hydrogen) atoms. The molecule has 0 fully saturated rings. The van der Waals surface area contributed by atoms with E-state index < -0.39 is 17.2 Å². The first-order valence-corrected chi connectivity index (χ1v) is 10.0. The normalized spacial score (nSPS) is 10.7. The van der Waals surface area contributed by atoms with Gasteiger partial charge in [0.2, 0.25) is 5.91 Å². The third-order valence-electron chi connectivity index (χ3n) is 5.05. The van der Waals surface area contributed by atoms with Gasteiger partial charge in [-0.2, -0.15) is 0 Å². The van der Waals surface area contributed by atoms with Gasteiger partial charge in [0.25, 0.3) is 5.56 Å². The number of hydrogen-bond donors (Lipinski definition) is 1. The number of rotatable bonds is 7. The van der Waals surface area contributed by atoms with Gasteiger partial charge >= 0.3 is 5.69 Å². The Bertz CT molecular complexity index is 1430. The molecule has 0 aliphatic heterocycles. The summed E-state index contributed by atoms with van der Waals surface area (Å²) in [5.74, 6) is 0.517. The number of methoxy groups -OCH3 is 2. The Kier molecular flexibility index (Phi) is 6.16. The summed E-state index contributed by atoms with van der Waals surface area (Å²) in [6.07, 6.45) is 4.63. The van der Waals surface area contributed by atoms with E-state index in [4.69, 9.17) is 9.47 Å². The number of anilines is 1. The van der Waals surface area contributed by atoms with Crippen LogP contribution in [0.3, 0.4) is 0 Å². The highest BCUT2D eigenvalue weighted by Crippen LogP contribution is 2.29. The summed E-state index contributed by atoms with van der Waals surface area (Å²) < 4.78 is 12.8. The van der Waals surface area contributed by atoms with Gasteiger partial charge in [0, 0.05) is 30.3 Å². The van der Waals surface area contributed by atoms with Crippen LogP contribution in [0, 0.1) is 0 Å². The van der Waals surface area contributed by atoms with E-state index in [-0.39, 0.29) is 24.1 Å². The molecular formula is C23H21N5O5. The largest absolute Gasteiger partial charge is 0.493 e. The van der Waals surface area contributed by atoms with E-state index in [1.54, 1.807) is 54.9 Å². The molecule has 4 aromatic rings. The number of carbonyl (C=O) groups is 1. The first-order chi connectivity index (χ1) is 16.0. The molecule has 10 heteroatoms. The van der Waals surface area contributed by atoms with E-state index in [0.717, 1.165) is 10.1 Å². The fourth-order valence-electron chi connectivity index (χ4n) is 3.46. The lowest BCUT2D eigenvalue weighted by molar-refractivity contribution is -0.116. The molecule has 0 unspecified atom stereocenters. The van der Waals surface area contributed by atoms with Gasteiger partial charge in [0.15, 0.2) is 17.0 Å². The first kappa shape index (κ1) is 21.8. The van der Waals surface area contributed by atoms with Gasteiger partial charge in [0.05, 0.1) is 26.3 Å². The molecule has 0 saturated carbocycles. The average Bonchev–Trinajstić information content (AvgIpc) is 2.85. The van der Waals surface area contributed by atoms with E-state index in [1.165, 1.54) is 25.0 Å². The smallest absolute Gasteiger partial charge is 0.332 e. The van der Waals surface area contributed by atoms with Gasteiger partial charge in [0.1, 0.15) is 6.54 Å². The van der Waals surface area contributed by atoms with E-state index in [2.05, 4.69) is 15.3 Å². The van der Waals surface area contributed by atoms with Crippen molar-refractivity contribution >= 4 is 22.6 Å². The van der Waals surface area contributed by atoms with Crippen molar-refractivity contribution < 1.29 is 14.3 Å². The minimum Gasteiger partial charge on any atom is -0.493 e. The summed E-state index contributed by atoms with van der Waals surface area (Å²) in [7, 11) is 3.01. The van der Waals surface area contributed by atoms with Crippen LogP contribution in [0.4, 0.5) is 5.69 Å². The predicted octanol–water partition coefficient (Wildman–Crippen LogP) is 1.66. The van der Waals surface area contributed by atoms with Gasteiger partial charge < -0.3 is 14.8 Å². The van der Waals surface area contributed by atoms with Crippen LogP contribution < -0.4 is 26.0 Å². The number of amides is 1. The Balaban J connectivity index is 1.70. The third kappa shape index (κ3) is 4.45. The average molecular weight is 447 g/mol. The standard InChI is InChI=1S/C23H21N5O5/c1-32-18-6-5-16(12-19(18)33-2)26-20(29)14-27-17-4-3-9-25-21(17)22(30)28(23(27)31)13-15-7-10-24-11-8-15/h3-12H,13-14H2,1-2H3,(H,26,29). The SMILES string of the molecule is COc1ccc(NC(=O)Cn2c(=O)n(Cc3ccncc3)c(=O)c3ncccc32)cc1OC. The number of carbonyl (C=O) groups excluding carboxylic acids is 1. The number of hydrogen-bond acceptors (Lipinski definition) is 7. The summed E-state index contributed by atoms with van der Waals surface area (Å²) in [6, 6.07) is 11.6. The Morgan fingerprint density at radius 1 is 0.970 bits per heavy atom. The molecule has 3 aromatic heterocycles. The van der Waals surface area contributed by atoms with Crippen molar-refractivity contribution in [3.05, 3.63) is 87.5 Å². The Hall–Kier alpha value is -4.47. The van der Waals surface area contributed by atoms with Crippen molar-refractivity contribution in [2.24, 2.45) is 0 Å². The zero-order chi connectivity index (χ0) is 23.4. The summed E-state index contributed by atoms with van der Waals surface area (Å²) in [4.78, 5) is 47.1. The number of aromatic nitrogens is 4. The molecule has 10 nitrogen and oxygen atoms in total.